The van der Waals surface area contributed by atoms with Gasteiger partial charge in [0, 0.05) is 10.9 Å². The van der Waals surface area contributed by atoms with E-state index in [4.69, 9.17) is 19.7 Å². The fourth-order valence-corrected chi connectivity index (χ4v) is 3.70. The van der Waals surface area contributed by atoms with Crippen molar-refractivity contribution in [3.63, 3.8) is 0 Å². The van der Waals surface area contributed by atoms with Crippen molar-refractivity contribution in [2.75, 3.05) is 7.11 Å². The van der Waals surface area contributed by atoms with E-state index in [-0.39, 0.29) is 0 Å². The number of hydrogen-bond donors (Lipinski definition) is 1. The molecule has 1 fully saturated rings. The second-order valence-electron chi connectivity index (χ2n) is 6.42. The third-order valence-electron chi connectivity index (χ3n) is 4.64. The molecule has 0 amide bonds. The molecule has 26 heavy (non-hydrogen) atoms. The lowest BCUT2D eigenvalue weighted by molar-refractivity contribution is 0.281. The Balaban J connectivity index is 1.55. The average molecular weight is 372 g/mol. The van der Waals surface area contributed by atoms with Crippen molar-refractivity contribution in [3.05, 3.63) is 40.6 Å². The fourth-order valence-electron chi connectivity index (χ4n) is 3.15. The Kier molecular flexibility index (Phi) is 4.60. The molecule has 0 saturated heterocycles. The Hall–Kier alpha value is -2.45. The second kappa shape index (κ2) is 7.05. The standard InChI is InChI=1S/C18H20N4O3S/c1-23-15-8-12(4-5-14(15)24-9-13-10-26-11-20-13)16-21-17(22-25-16)18(19)6-2-3-7-18/h4-5,8,10-11H,2-3,6-7,9,19H2,1H3. The molecule has 136 valence electrons. The number of aromatic nitrogens is 3. The van der Waals surface area contributed by atoms with Gasteiger partial charge in [0.1, 0.15) is 6.61 Å². The molecule has 2 N–H and O–H groups in total. The van der Waals surface area contributed by atoms with E-state index in [1.807, 2.05) is 23.6 Å². The fraction of sp³-hybridized carbons (Fsp3) is 0.389. The molecular weight excluding hydrogens is 352 g/mol. The van der Waals surface area contributed by atoms with Gasteiger partial charge in [-0.1, -0.05) is 18.0 Å². The molecule has 4 rings (SSSR count). The molecule has 2 heterocycles. The summed E-state index contributed by atoms with van der Waals surface area (Å²) in [5, 5.41) is 6.05. The van der Waals surface area contributed by atoms with Crippen LogP contribution in [-0.2, 0) is 12.1 Å². The van der Waals surface area contributed by atoms with Crippen LogP contribution in [0, 0.1) is 0 Å². The first-order valence-electron chi connectivity index (χ1n) is 8.49. The van der Waals surface area contributed by atoms with Gasteiger partial charge in [-0.15, -0.1) is 11.3 Å². The predicted molar refractivity (Wildman–Crippen MR) is 97.1 cm³/mol. The van der Waals surface area contributed by atoms with Crippen molar-refractivity contribution in [2.24, 2.45) is 5.73 Å². The number of nitrogens with two attached hydrogens (primary N) is 1. The zero-order valence-electron chi connectivity index (χ0n) is 14.5. The van der Waals surface area contributed by atoms with Crippen molar-refractivity contribution in [1.29, 1.82) is 0 Å². The molecular formula is C18H20N4O3S. The largest absolute Gasteiger partial charge is 0.493 e. The highest BCUT2D eigenvalue weighted by molar-refractivity contribution is 7.07. The molecule has 8 heteroatoms. The summed E-state index contributed by atoms with van der Waals surface area (Å²) in [5.74, 6) is 2.24. The van der Waals surface area contributed by atoms with Crippen molar-refractivity contribution < 1.29 is 14.0 Å². The smallest absolute Gasteiger partial charge is 0.258 e. The summed E-state index contributed by atoms with van der Waals surface area (Å²) in [4.78, 5) is 8.72. The summed E-state index contributed by atoms with van der Waals surface area (Å²) < 4.78 is 16.7. The van der Waals surface area contributed by atoms with Crippen LogP contribution in [0.4, 0.5) is 0 Å². The highest BCUT2D eigenvalue weighted by Gasteiger charge is 2.36. The molecule has 0 bridgehead atoms. The molecule has 1 aromatic carbocycles. The summed E-state index contributed by atoms with van der Waals surface area (Å²) in [7, 11) is 1.60. The van der Waals surface area contributed by atoms with Crippen LogP contribution in [0.5, 0.6) is 11.5 Å². The van der Waals surface area contributed by atoms with E-state index in [0.717, 1.165) is 36.9 Å². The van der Waals surface area contributed by atoms with Crippen molar-refractivity contribution in [3.8, 4) is 23.0 Å². The molecule has 7 nitrogen and oxygen atoms in total. The number of ether oxygens (including phenoxy) is 2. The van der Waals surface area contributed by atoms with Crippen LogP contribution in [0.15, 0.2) is 33.6 Å². The average Bonchev–Trinajstić information content (AvgIpc) is 3.41. The van der Waals surface area contributed by atoms with Gasteiger partial charge in [-0.25, -0.2) is 4.98 Å². The van der Waals surface area contributed by atoms with Gasteiger partial charge in [0.15, 0.2) is 17.3 Å². The van der Waals surface area contributed by atoms with E-state index in [2.05, 4.69) is 15.1 Å². The van der Waals surface area contributed by atoms with E-state index < -0.39 is 5.54 Å². The van der Waals surface area contributed by atoms with Crippen molar-refractivity contribution in [2.45, 2.75) is 37.8 Å². The third-order valence-corrected chi connectivity index (χ3v) is 5.27. The number of rotatable bonds is 6. The monoisotopic (exact) mass is 372 g/mol. The zero-order chi connectivity index (χ0) is 18.0. The van der Waals surface area contributed by atoms with Crippen molar-refractivity contribution >= 4 is 11.3 Å². The number of methoxy groups -OCH3 is 1. The number of benzene rings is 1. The molecule has 2 aromatic heterocycles. The molecule has 1 aliphatic rings. The van der Waals surface area contributed by atoms with Crippen LogP contribution < -0.4 is 15.2 Å². The van der Waals surface area contributed by atoms with Gasteiger partial charge in [-0.2, -0.15) is 4.98 Å². The molecule has 1 saturated carbocycles. The summed E-state index contributed by atoms with van der Waals surface area (Å²) in [5.41, 5.74) is 9.36. The normalized spacial score (nSPS) is 15.9. The van der Waals surface area contributed by atoms with Gasteiger partial charge in [0.25, 0.3) is 5.89 Å². The van der Waals surface area contributed by atoms with Gasteiger partial charge in [-0.05, 0) is 31.0 Å². The lowest BCUT2D eigenvalue weighted by Gasteiger charge is -2.17. The van der Waals surface area contributed by atoms with Gasteiger partial charge >= 0.3 is 0 Å². The van der Waals surface area contributed by atoms with Crippen LogP contribution in [0.1, 0.15) is 37.2 Å². The van der Waals surface area contributed by atoms with E-state index in [9.17, 15) is 0 Å². The minimum absolute atomic E-state index is 0.388. The Morgan fingerprint density at radius 1 is 1.27 bits per heavy atom. The second-order valence-corrected chi connectivity index (χ2v) is 7.14. The Bertz CT molecular complexity index is 872. The van der Waals surface area contributed by atoms with E-state index in [0.29, 0.717) is 29.8 Å². The maximum atomic E-state index is 6.40. The molecule has 0 aliphatic heterocycles. The Morgan fingerprint density at radius 2 is 2.12 bits per heavy atom. The van der Waals surface area contributed by atoms with Crippen LogP contribution in [-0.4, -0.2) is 22.2 Å². The quantitative estimate of drug-likeness (QED) is 0.707. The Labute approximate surface area is 155 Å². The topological polar surface area (TPSA) is 96.3 Å². The molecule has 0 atom stereocenters. The molecule has 1 aliphatic carbocycles. The van der Waals surface area contributed by atoms with E-state index in [1.54, 1.807) is 12.6 Å². The first kappa shape index (κ1) is 17.0. The molecule has 0 radical (unpaired) electrons. The summed E-state index contributed by atoms with van der Waals surface area (Å²) in [6.07, 6.45) is 3.97. The minimum atomic E-state index is -0.470. The van der Waals surface area contributed by atoms with Gasteiger partial charge in [-0.3, -0.25) is 0 Å². The highest BCUT2D eigenvalue weighted by Crippen LogP contribution is 2.37. The van der Waals surface area contributed by atoms with Gasteiger partial charge in [0.05, 0.1) is 23.9 Å². The minimum Gasteiger partial charge on any atom is -0.493 e. The SMILES string of the molecule is COc1cc(-c2nc(C3(N)CCCC3)no2)ccc1OCc1cscn1. The first-order valence-corrected chi connectivity index (χ1v) is 9.43. The summed E-state index contributed by atoms with van der Waals surface area (Å²) in [6, 6.07) is 5.53. The summed E-state index contributed by atoms with van der Waals surface area (Å²) >= 11 is 1.54. The number of nitrogens with zero attached hydrogens (tertiary/aromatic N) is 3. The van der Waals surface area contributed by atoms with Crippen LogP contribution in [0.2, 0.25) is 0 Å². The maximum Gasteiger partial charge on any atom is 0.258 e. The number of thiazole rings is 1. The van der Waals surface area contributed by atoms with Crippen molar-refractivity contribution in [1.82, 2.24) is 15.1 Å². The highest BCUT2D eigenvalue weighted by atomic mass is 32.1. The predicted octanol–water partition coefficient (Wildman–Crippen LogP) is 3.51. The van der Waals surface area contributed by atoms with Crippen LogP contribution >= 0.6 is 11.3 Å². The molecule has 0 spiro atoms. The van der Waals surface area contributed by atoms with E-state index >= 15 is 0 Å². The molecule has 0 unspecified atom stereocenters. The van der Waals surface area contributed by atoms with Crippen LogP contribution in [0.3, 0.4) is 0 Å². The first-order chi connectivity index (χ1) is 12.7. The van der Waals surface area contributed by atoms with Crippen LogP contribution in [0.25, 0.3) is 11.5 Å². The summed E-state index contributed by atoms with van der Waals surface area (Å²) in [6.45, 7) is 0.388. The third kappa shape index (κ3) is 3.30. The molecule has 3 aromatic rings. The van der Waals surface area contributed by atoms with E-state index in [1.165, 1.54) is 11.3 Å². The zero-order valence-corrected chi connectivity index (χ0v) is 15.3. The lowest BCUT2D eigenvalue weighted by Crippen LogP contribution is -2.34. The lowest BCUT2D eigenvalue weighted by atomic mass is 9.99. The maximum absolute atomic E-state index is 6.40. The van der Waals surface area contributed by atoms with Gasteiger partial charge in [0.2, 0.25) is 0 Å². The number of hydrogen-bond acceptors (Lipinski definition) is 8. The Morgan fingerprint density at radius 3 is 2.85 bits per heavy atom. The van der Waals surface area contributed by atoms with Gasteiger partial charge < -0.3 is 19.7 Å².